The van der Waals surface area contributed by atoms with Gasteiger partial charge in [0.15, 0.2) is 0 Å². The quantitative estimate of drug-likeness (QED) is 0.745. The Morgan fingerprint density at radius 1 is 1.47 bits per heavy atom. The third kappa shape index (κ3) is 3.49. The lowest BCUT2D eigenvalue weighted by atomic mass is 9.80. The Morgan fingerprint density at radius 3 is 2.67 bits per heavy atom. The highest BCUT2D eigenvalue weighted by Crippen LogP contribution is 2.28. The highest BCUT2D eigenvalue weighted by Gasteiger charge is 2.27. The van der Waals surface area contributed by atoms with Crippen LogP contribution in [0.15, 0.2) is 0 Å². The van der Waals surface area contributed by atoms with Crippen molar-refractivity contribution in [3.63, 3.8) is 0 Å². The molecule has 0 spiro atoms. The van der Waals surface area contributed by atoms with Crippen molar-refractivity contribution in [2.24, 2.45) is 23.5 Å². The molecular formula is C12H24N2O. The van der Waals surface area contributed by atoms with Gasteiger partial charge >= 0.3 is 0 Å². The molecule has 1 fully saturated rings. The molecule has 1 rings (SSSR count). The number of carbonyl (C=O) groups excluding carboxylic acids is 1. The van der Waals surface area contributed by atoms with Crippen LogP contribution in [0.1, 0.15) is 40.0 Å². The SMILES string of the molecule is CC1CCC(NC(=O)C(C)CN)C(C)C1. The largest absolute Gasteiger partial charge is 0.353 e. The molecular weight excluding hydrogens is 188 g/mol. The van der Waals surface area contributed by atoms with Gasteiger partial charge in [0.2, 0.25) is 5.91 Å². The summed E-state index contributed by atoms with van der Waals surface area (Å²) in [6.45, 7) is 6.83. The van der Waals surface area contributed by atoms with E-state index in [9.17, 15) is 4.79 Å². The van der Waals surface area contributed by atoms with E-state index < -0.39 is 0 Å². The number of carbonyl (C=O) groups is 1. The molecule has 4 atom stereocenters. The fraction of sp³-hybridized carbons (Fsp3) is 0.917. The average molecular weight is 212 g/mol. The summed E-state index contributed by atoms with van der Waals surface area (Å²) in [6.07, 6.45) is 3.57. The van der Waals surface area contributed by atoms with E-state index in [-0.39, 0.29) is 11.8 Å². The highest BCUT2D eigenvalue weighted by atomic mass is 16.1. The van der Waals surface area contributed by atoms with Crippen LogP contribution in [0.3, 0.4) is 0 Å². The molecule has 1 aliphatic carbocycles. The number of nitrogens with two attached hydrogens (primary N) is 1. The number of rotatable bonds is 3. The molecule has 0 saturated heterocycles. The molecule has 1 saturated carbocycles. The van der Waals surface area contributed by atoms with Gasteiger partial charge in [0.05, 0.1) is 0 Å². The topological polar surface area (TPSA) is 55.1 Å². The second kappa shape index (κ2) is 5.50. The van der Waals surface area contributed by atoms with Crippen molar-refractivity contribution in [1.82, 2.24) is 5.32 Å². The van der Waals surface area contributed by atoms with Crippen LogP contribution in [0.4, 0.5) is 0 Å². The molecule has 1 amide bonds. The van der Waals surface area contributed by atoms with Gasteiger partial charge in [-0.3, -0.25) is 4.79 Å². The zero-order valence-corrected chi connectivity index (χ0v) is 10.1. The summed E-state index contributed by atoms with van der Waals surface area (Å²) in [5.74, 6) is 1.46. The van der Waals surface area contributed by atoms with Crippen LogP contribution < -0.4 is 11.1 Å². The summed E-state index contributed by atoms with van der Waals surface area (Å²) < 4.78 is 0. The summed E-state index contributed by atoms with van der Waals surface area (Å²) in [4.78, 5) is 11.7. The van der Waals surface area contributed by atoms with E-state index >= 15 is 0 Å². The monoisotopic (exact) mass is 212 g/mol. The van der Waals surface area contributed by atoms with Crippen molar-refractivity contribution < 1.29 is 4.79 Å². The number of hydrogen-bond donors (Lipinski definition) is 2. The first kappa shape index (κ1) is 12.5. The Labute approximate surface area is 92.8 Å². The van der Waals surface area contributed by atoms with Crippen molar-refractivity contribution in [2.45, 2.75) is 46.1 Å². The third-order valence-corrected chi connectivity index (χ3v) is 3.56. The predicted molar refractivity (Wildman–Crippen MR) is 62.3 cm³/mol. The average Bonchev–Trinajstić information content (AvgIpc) is 2.20. The maximum absolute atomic E-state index is 11.7. The van der Waals surface area contributed by atoms with Gasteiger partial charge in [0, 0.05) is 18.5 Å². The highest BCUT2D eigenvalue weighted by molar-refractivity contribution is 5.78. The minimum Gasteiger partial charge on any atom is -0.353 e. The first-order valence-corrected chi connectivity index (χ1v) is 6.05. The summed E-state index contributed by atoms with van der Waals surface area (Å²) in [5.41, 5.74) is 5.47. The van der Waals surface area contributed by atoms with Gasteiger partial charge in [-0.1, -0.05) is 20.8 Å². The van der Waals surface area contributed by atoms with Crippen molar-refractivity contribution >= 4 is 5.91 Å². The van der Waals surface area contributed by atoms with Crippen molar-refractivity contribution in [1.29, 1.82) is 0 Å². The summed E-state index contributed by atoms with van der Waals surface area (Å²) in [7, 11) is 0. The maximum Gasteiger partial charge on any atom is 0.224 e. The molecule has 4 unspecified atom stereocenters. The van der Waals surface area contributed by atoms with Crippen LogP contribution in [0, 0.1) is 17.8 Å². The van der Waals surface area contributed by atoms with Gasteiger partial charge in [-0.15, -0.1) is 0 Å². The standard InChI is InChI=1S/C12H24N2O/c1-8-4-5-11(9(2)6-8)14-12(15)10(3)7-13/h8-11H,4-7,13H2,1-3H3,(H,14,15). The molecule has 0 heterocycles. The molecule has 3 nitrogen and oxygen atoms in total. The van der Waals surface area contributed by atoms with Gasteiger partial charge in [0.25, 0.3) is 0 Å². The Morgan fingerprint density at radius 2 is 2.13 bits per heavy atom. The molecule has 3 heteroatoms. The minimum absolute atomic E-state index is 0.0588. The minimum atomic E-state index is -0.0588. The fourth-order valence-electron chi connectivity index (χ4n) is 2.31. The zero-order valence-electron chi connectivity index (χ0n) is 10.1. The maximum atomic E-state index is 11.7. The Balaban J connectivity index is 2.41. The van der Waals surface area contributed by atoms with Crippen LogP contribution in [-0.4, -0.2) is 18.5 Å². The summed E-state index contributed by atoms with van der Waals surface area (Å²) in [6, 6.07) is 0.364. The van der Waals surface area contributed by atoms with Gasteiger partial charge in [0.1, 0.15) is 0 Å². The third-order valence-electron chi connectivity index (χ3n) is 3.56. The Kier molecular flexibility index (Phi) is 4.58. The van der Waals surface area contributed by atoms with Crippen LogP contribution in [-0.2, 0) is 4.79 Å². The van der Waals surface area contributed by atoms with Crippen molar-refractivity contribution in [3.8, 4) is 0 Å². The van der Waals surface area contributed by atoms with Crippen molar-refractivity contribution in [2.75, 3.05) is 6.54 Å². The number of hydrogen-bond acceptors (Lipinski definition) is 2. The summed E-state index contributed by atoms with van der Waals surface area (Å²) >= 11 is 0. The van der Waals surface area contributed by atoms with E-state index in [2.05, 4.69) is 19.2 Å². The van der Waals surface area contributed by atoms with E-state index in [1.54, 1.807) is 0 Å². The Hall–Kier alpha value is -0.570. The molecule has 0 radical (unpaired) electrons. The molecule has 0 aromatic rings. The molecule has 0 aromatic heterocycles. The van der Waals surface area contributed by atoms with Crippen LogP contribution in [0.2, 0.25) is 0 Å². The van der Waals surface area contributed by atoms with E-state index in [0.29, 0.717) is 18.5 Å². The summed E-state index contributed by atoms with van der Waals surface area (Å²) in [5, 5.41) is 3.12. The fourth-order valence-corrected chi connectivity index (χ4v) is 2.31. The smallest absolute Gasteiger partial charge is 0.224 e. The molecule has 15 heavy (non-hydrogen) atoms. The van der Waals surface area contributed by atoms with Crippen LogP contribution in [0.25, 0.3) is 0 Å². The molecule has 0 aromatic carbocycles. The number of nitrogens with one attached hydrogen (secondary N) is 1. The van der Waals surface area contributed by atoms with E-state index in [0.717, 1.165) is 12.3 Å². The van der Waals surface area contributed by atoms with Gasteiger partial charge in [-0.05, 0) is 31.1 Å². The normalized spacial score (nSPS) is 33.5. The number of amides is 1. The molecule has 3 N–H and O–H groups in total. The van der Waals surface area contributed by atoms with Crippen LogP contribution >= 0.6 is 0 Å². The first-order chi connectivity index (χ1) is 7.04. The lowest BCUT2D eigenvalue weighted by Gasteiger charge is -2.33. The van der Waals surface area contributed by atoms with E-state index in [1.165, 1.54) is 12.8 Å². The molecule has 0 bridgehead atoms. The van der Waals surface area contributed by atoms with E-state index in [1.807, 2.05) is 6.92 Å². The van der Waals surface area contributed by atoms with Gasteiger partial charge in [-0.25, -0.2) is 0 Å². The van der Waals surface area contributed by atoms with Crippen molar-refractivity contribution in [3.05, 3.63) is 0 Å². The second-order valence-corrected chi connectivity index (χ2v) is 5.15. The lowest BCUT2D eigenvalue weighted by Crippen LogP contribution is -2.45. The zero-order chi connectivity index (χ0) is 11.4. The van der Waals surface area contributed by atoms with E-state index in [4.69, 9.17) is 5.73 Å². The first-order valence-electron chi connectivity index (χ1n) is 6.05. The van der Waals surface area contributed by atoms with Gasteiger partial charge < -0.3 is 11.1 Å². The molecule has 1 aliphatic rings. The lowest BCUT2D eigenvalue weighted by molar-refractivity contribution is -0.125. The molecule has 0 aliphatic heterocycles. The predicted octanol–water partition coefficient (Wildman–Crippen LogP) is 1.52. The second-order valence-electron chi connectivity index (χ2n) is 5.15. The Bertz CT molecular complexity index is 218. The van der Waals surface area contributed by atoms with Crippen LogP contribution in [0.5, 0.6) is 0 Å². The van der Waals surface area contributed by atoms with Gasteiger partial charge in [-0.2, -0.15) is 0 Å². The molecule has 88 valence electrons.